The van der Waals surface area contributed by atoms with Crippen LogP contribution in [0.15, 0.2) is 51.9 Å². The Labute approximate surface area is 174 Å². The SMILES string of the molecule is CCc1onc(C)c1C(=O)Nc1ccc(C)c(S(=O)(=O)Nc2cccc(Cl)c2)c1. The minimum atomic E-state index is -3.88. The second-order valence-electron chi connectivity index (χ2n) is 6.47. The van der Waals surface area contributed by atoms with Crippen LogP contribution in [0.5, 0.6) is 0 Å². The normalized spacial score (nSPS) is 11.3. The van der Waals surface area contributed by atoms with Crippen LogP contribution in [0, 0.1) is 13.8 Å². The molecule has 0 aliphatic carbocycles. The number of nitrogens with zero attached hydrogens (tertiary/aromatic N) is 1. The second-order valence-corrected chi connectivity index (χ2v) is 8.56. The topological polar surface area (TPSA) is 101 Å². The Morgan fingerprint density at radius 2 is 1.90 bits per heavy atom. The number of amides is 1. The number of aryl methyl sites for hydroxylation is 3. The average molecular weight is 434 g/mol. The fourth-order valence-electron chi connectivity index (χ4n) is 2.87. The van der Waals surface area contributed by atoms with Crippen molar-refractivity contribution in [1.29, 1.82) is 0 Å². The van der Waals surface area contributed by atoms with Gasteiger partial charge in [0, 0.05) is 17.1 Å². The molecular formula is C20H20ClN3O4S. The number of sulfonamides is 1. The summed E-state index contributed by atoms with van der Waals surface area (Å²) in [5.74, 6) is 0.0678. The van der Waals surface area contributed by atoms with E-state index in [1.54, 1.807) is 44.2 Å². The van der Waals surface area contributed by atoms with E-state index in [9.17, 15) is 13.2 Å². The molecule has 0 fully saturated rings. The predicted octanol–water partition coefficient (Wildman–Crippen LogP) is 4.56. The van der Waals surface area contributed by atoms with E-state index < -0.39 is 15.9 Å². The summed E-state index contributed by atoms with van der Waals surface area (Å²) in [7, 11) is -3.88. The van der Waals surface area contributed by atoms with Gasteiger partial charge in [-0.05, 0) is 49.7 Å². The van der Waals surface area contributed by atoms with Crippen LogP contribution in [0.4, 0.5) is 11.4 Å². The summed E-state index contributed by atoms with van der Waals surface area (Å²) in [5.41, 5.74) is 2.05. The molecule has 2 N–H and O–H groups in total. The van der Waals surface area contributed by atoms with E-state index in [4.69, 9.17) is 16.1 Å². The van der Waals surface area contributed by atoms with Crippen LogP contribution in [0.25, 0.3) is 0 Å². The molecule has 0 radical (unpaired) electrons. The van der Waals surface area contributed by atoms with Gasteiger partial charge in [-0.2, -0.15) is 0 Å². The molecule has 0 atom stereocenters. The van der Waals surface area contributed by atoms with Crippen LogP contribution in [-0.2, 0) is 16.4 Å². The Morgan fingerprint density at radius 1 is 1.14 bits per heavy atom. The molecule has 1 amide bonds. The maximum absolute atomic E-state index is 12.9. The monoisotopic (exact) mass is 433 g/mol. The largest absolute Gasteiger partial charge is 0.360 e. The first-order valence-electron chi connectivity index (χ1n) is 8.87. The first kappa shape index (κ1) is 20.9. The number of carbonyl (C=O) groups is 1. The molecule has 7 nitrogen and oxygen atoms in total. The lowest BCUT2D eigenvalue weighted by Gasteiger charge is -2.13. The number of carbonyl (C=O) groups excluding carboxylic acids is 1. The molecule has 3 aromatic rings. The summed E-state index contributed by atoms with van der Waals surface area (Å²) >= 11 is 5.92. The van der Waals surface area contributed by atoms with Crippen LogP contribution >= 0.6 is 11.6 Å². The lowest BCUT2D eigenvalue weighted by Crippen LogP contribution is -2.17. The van der Waals surface area contributed by atoms with Crippen LogP contribution in [-0.4, -0.2) is 19.5 Å². The van der Waals surface area contributed by atoms with E-state index in [1.807, 2.05) is 6.92 Å². The van der Waals surface area contributed by atoms with Crippen molar-refractivity contribution in [3.63, 3.8) is 0 Å². The summed E-state index contributed by atoms with van der Waals surface area (Å²) < 4.78 is 33.4. The standard InChI is InChI=1S/C20H20ClN3O4S/c1-4-17-19(13(3)23-28-17)20(25)22-15-9-8-12(2)18(11-15)29(26,27)24-16-7-5-6-14(21)10-16/h5-11,24H,4H2,1-3H3,(H,22,25). The van der Waals surface area contributed by atoms with Gasteiger partial charge in [-0.15, -0.1) is 0 Å². The molecule has 9 heteroatoms. The quantitative estimate of drug-likeness (QED) is 0.593. The molecule has 0 aliphatic rings. The maximum atomic E-state index is 12.9. The summed E-state index contributed by atoms with van der Waals surface area (Å²) in [6, 6.07) is 11.1. The lowest BCUT2D eigenvalue weighted by atomic mass is 10.1. The molecule has 0 unspecified atom stereocenters. The predicted molar refractivity (Wildman–Crippen MR) is 112 cm³/mol. The molecule has 3 rings (SSSR count). The number of benzene rings is 2. The van der Waals surface area contributed by atoms with E-state index in [2.05, 4.69) is 15.2 Å². The third-order valence-electron chi connectivity index (χ3n) is 4.29. The second kappa shape index (κ2) is 8.26. The highest BCUT2D eigenvalue weighted by molar-refractivity contribution is 7.92. The van der Waals surface area contributed by atoms with Gasteiger partial charge in [-0.1, -0.05) is 35.8 Å². The van der Waals surface area contributed by atoms with Gasteiger partial charge in [0.1, 0.15) is 11.3 Å². The smallest absolute Gasteiger partial charge is 0.262 e. The van der Waals surface area contributed by atoms with Crippen LogP contribution in [0.2, 0.25) is 5.02 Å². The average Bonchev–Trinajstić information content (AvgIpc) is 3.03. The molecule has 0 spiro atoms. The van der Waals surface area contributed by atoms with Gasteiger partial charge in [0.05, 0.1) is 16.3 Å². The summed E-state index contributed by atoms with van der Waals surface area (Å²) in [6.07, 6.45) is 0.515. The van der Waals surface area contributed by atoms with Crippen molar-refractivity contribution >= 4 is 38.9 Å². The van der Waals surface area contributed by atoms with E-state index in [0.717, 1.165) is 0 Å². The van der Waals surface area contributed by atoms with Crippen molar-refractivity contribution < 1.29 is 17.7 Å². The zero-order chi connectivity index (χ0) is 21.2. The van der Waals surface area contributed by atoms with E-state index >= 15 is 0 Å². The summed E-state index contributed by atoms with van der Waals surface area (Å²) in [5, 5.41) is 6.96. The van der Waals surface area contributed by atoms with E-state index in [1.165, 1.54) is 12.1 Å². The van der Waals surface area contributed by atoms with Crippen LogP contribution in [0.1, 0.15) is 34.3 Å². The summed E-state index contributed by atoms with van der Waals surface area (Å²) in [4.78, 5) is 12.7. The third kappa shape index (κ3) is 4.60. The summed E-state index contributed by atoms with van der Waals surface area (Å²) in [6.45, 7) is 5.21. The first-order chi connectivity index (χ1) is 13.7. The van der Waals surface area contributed by atoms with Crippen molar-refractivity contribution in [3.05, 3.63) is 70.1 Å². The van der Waals surface area contributed by atoms with Crippen molar-refractivity contribution in [3.8, 4) is 0 Å². The minimum absolute atomic E-state index is 0.0491. The highest BCUT2D eigenvalue weighted by Gasteiger charge is 2.21. The molecule has 29 heavy (non-hydrogen) atoms. The maximum Gasteiger partial charge on any atom is 0.262 e. The molecule has 1 heterocycles. The molecule has 2 aromatic carbocycles. The van der Waals surface area contributed by atoms with Gasteiger partial charge in [0.25, 0.3) is 15.9 Å². The number of nitrogens with one attached hydrogen (secondary N) is 2. The van der Waals surface area contributed by atoms with Crippen molar-refractivity contribution in [2.45, 2.75) is 32.1 Å². The van der Waals surface area contributed by atoms with Gasteiger partial charge in [-0.3, -0.25) is 9.52 Å². The highest BCUT2D eigenvalue weighted by Crippen LogP contribution is 2.25. The molecule has 0 bridgehead atoms. The Kier molecular flexibility index (Phi) is 5.95. The Hall–Kier alpha value is -2.84. The number of anilines is 2. The molecular weight excluding hydrogens is 414 g/mol. The molecule has 0 aliphatic heterocycles. The third-order valence-corrected chi connectivity index (χ3v) is 6.05. The van der Waals surface area contributed by atoms with E-state index in [0.29, 0.717) is 45.4 Å². The fraction of sp³-hybridized carbons (Fsp3) is 0.200. The minimum Gasteiger partial charge on any atom is -0.360 e. The van der Waals surface area contributed by atoms with Crippen molar-refractivity contribution in [2.75, 3.05) is 10.0 Å². The number of hydrogen-bond donors (Lipinski definition) is 2. The number of aromatic nitrogens is 1. The van der Waals surface area contributed by atoms with E-state index in [-0.39, 0.29) is 4.90 Å². The Bertz CT molecular complexity index is 1170. The Morgan fingerprint density at radius 3 is 2.59 bits per heavy atom. The highest BCUT2D eigenvalue weighted by atomic mass is 35.5. The fourth-order valence-corrected chi connectivity index (χ4v) is 4.38. The Balaban J connectivity index is 1.89. The first-order valence-corrected chi connectivity index (χ1v) is 10.7. The van der Waals surface area contributed by atoms with Gasteiger partial charge < -0.3 is 9.84 Å². The molecule has 0 saturated heterocycles. The zero-order valence-electron chi connectivity index (χ0n) is 16.1. The number of hydrogen-bond acceptors (Lipinski definition) is 5. The van der Waals surface area contributed by atoms with Gasteiger partial charge in [0.2, 0.25) is 0 Å². The van der Waals surface area contributed by atoms with Gasteiger partial charge in [0.15, 0.2) is 0 Å². The zero-order valence-corrected chi connectivity index (χ0v) is 17.7. The number of halogens is 1. The van der Waals surface area contributed by atoms with Gasteiger partial charge in [-0.25, -0.2) is 8.42 Å². The number of rotatable bonds is 6. The van der Waals surface area contributed by atoms with Crippen LogP contribution < -0.4 is 10.0 Å². The lowest BCUT2D eigenvalue weighted by molar-refractivity contribution is 0.102. The van der Waals surface area contributed by atoms with Gasteiger partial charge >= 0.3 is 0 Å². The molecule has 152 valence electrons. The van der Waals surface area contributed by atoms with Crippen molar-refractivity contribution in [1.82, 2.24) is 5.16 Å². The molecule has 0 saturated carbocycles. The van der Waals surface area contributed by atoms with Crippen molar-refractivity contribution in [2.24, 2.45) is 0 Å². The molecule has 1 aromatic heterocycles. The van der Waals surface area contributed by atoms with Crippen LogP contribution in [0.3, 0.4) is 0 Å².